The third-order valence-electron chi connectivity index (χ3n) is 4.62. The summed E-state index contributed by atoms with van der Waals surface area (Å²) in [5, 5.41) is 0. The number of unbranched alkanes of at least 4 members (excludes halogenated alkanes) is 8. The van der Waals surface area contributed by atoms with Crippen molar-refractivity contribution in [1.29, 1.82) is 0 Å². The third-order valence-corrected chi connectivity index (χ3v) is 4.62. The highest BCUT2D eigenvalue weighted by Gasteiger charge is 2.10. The van der Waals surface area contributed by atoms with Crippen LogP contribution in [-0.2, 0) is 33.2 Å². The third kappa shape index (κ3) is 25.9. The maximum absolute atomic E-state index is 5.79. The zero-order valence-electron chi connectivity index (χ0n) is 20.6. The number of hydrogen-bond donors (Lipinski definition) is 0. The van der Waals surface area contributed by atoms with Crippen molar-refractivity contribution in [1.82, 2.24) is 0 Å². The molecule has 7 nitrogen and oxygen atoms in total. The summed E-state index contributed by atoms with van der Waals surface area (Å²) in [6.07, 6.45) is 11.6. The highest BCUT2D eigenvalue weighted by molar-refractivity contribution is 4.47. The molecule has 0 spiro atoms. The molecule has 0 unspecified atom stereocenters. The van der Waals surface area contributed by atoms with Gasteiger partial charge in [-0.1, -0.05) is 58.3 Å². The lowest BCUT2D eigenvalue weighted by Crippen LogP contribution is -2.26. The highest BCUT2D eigenvalue weighted by atomic mass is 16.8. The summed E-state index contributed by atoms with van der Waals surface area (Å²) in [6.45, 7) is 11.7. The second-order valence-corrected chi connectivity index (χ2v) is 7.35. The quantitative estimate of drug-likeness (QED) is 0.129. The first kappa shape index (κ1) is 30.7. The second kappa shape index (κ2) is 27.8. The minimum absolute atomic E-state index is 0.416. The van der Waals surface area contributed by atoms with E-state index in [9.17, 15) is 0 Å². The zero-order chi connectivity index (χ0) is 22.7. The SMILES string of the molecule is CCCCCCCCCCCOC(OCCOCCOCC)OCCOCCOCC. The van der Waals surface area contributed by atoms with Crippen LogP contribution in [0.15, 0.2) is 0 Å². The van der Waals surface area contributed by atoms with Crippen molar-refractivity contribution in [2.45, 2.75) is 85.0 Å². The Morgan fingerprint density at radius 1 is 0.387 bits per heavy atom. The molecule has 0 atom stereocenters. The zero-order valence-corrected chi connectivity index (χ0v) is 20.6. The lowest BCUT2D eigenvalue weighted by Gasteiger charge is -2.19. The van der Waals surface area contributed by atoms with Crippen LogP contribution in [0, 0.1) is 0 Å². The standard InChI is InChI=1S/C24H50O7/c1-4-7-8-9-10-11-12-13-14-15-29-24(30-22-20-27-18-16-25-5-2)31-23-21-28-19-17-26-6-3/h24H,4-23H2,1-3H3. The van der Waals surface area contributed by atoms with E-state index in [1.54, 1.807) is 0 Å². The van der Waals surface area contributed by atoms with Crippen molar-refractivity contribution in [3.8, 4) is 0 Å². The molecule has 0 fully saturated rings. The maximum Gasteiger partial charge on any atom is 0.271 e. The molecule has 0 saturated carbocycles. The van der Waals surface area contributed by atoms with Crippen LogP contribution in [0.4, 0.5) is 0 Å². The molecule has 0 rings (SSSR count). The molecule has 31 heavy (non-hydrogen) atoms. The Bertz CT molecular complexity index is 300. The van der Waals surface area contributed by atoms with Gasteiger partial charge < -0.3 is 33.2 Å². The fraction of sp³-hybridized carbons (Fsp3) is 1.00. The van der Waals surface area contributed by atoms with Crippen molar-refractivity contribution in [3.63, 3.8) is 0 Å². The van der Waals surface area contributed by atoms with Gasteiger partial charge in [-0.25, -0.2) is 0 Å². The van der Waals surface area contributed by atoms with Crippen LogP contribution < -0.4 is 0 Å². The maximum atomic E-state index is 5.79. The Morgan fingerprint density at radius 2 is 0.774 bits per heavy atom. The predicted octanol–water partition coefficient (Wildman–Crippen LogP) is 4.96. The molecule has 0 aliphatic carbocycles. The molecule has 0 aromatic rings. The van der Waals surface area contributed by atoms with Gasteiger partial charge in [-0.3, -0.25) is 0 Å². The average Bonchev–Trinajstić information content (AvgIpc) is 2.78. The Hall–Kier alpha value is -0.280. The summed E-state index contributed by atoms with van der Waals surface area (Å²) < 4.78 is 38.6. The lowest BCUT2D eigenvalue weighted by atomic mass is 10.1. The van der Waals surface area contributed by atoms with E-state index in [-0.39, 0.29) is 0 Å². The lowest BCUT2D eigenvalue weighted by molar-refractivity contribution is -0.293. The molecule has 0 aromatic carbocycles. The molecule has 0 saturated heterocycles. The van der Waals surface area contributed by atoms with Crippen LogP contribution >= 0.6 is 0 Å². The van der Waals surface area contributed by atoms with Gasteiger partial charge in [-0.2, -0.15) is 0 Å². The van der Waals surface area contributed by atoms with Gasteiger partial charge in [0.05, 0.1) is 59.5 Å². The van der Waals surface area contributed by atoms with Crippen LogP contribution in [0.1, 0.15) is 78.6 Å². The summed E-state index contributed by atoms with van der Waals surface area (Å²) >= 11 is 0. The Balaban J connectivity index is 3.79. The van der Waals surface area contributed by atoms with E-state index in [0.717, 1.165) is 6.42 Å². The predicted molar refractivity (Wildman–Crippen MR) is 123 cm³/mol. The van der Waals surface area contributed by atoms with Gasteiger partial charge in [0.2, 0.25) is 0 Å². The van der Waals surface area contributed by atoms with Crippen molar-refractivity contribution < 1.29 is 33.2 Å². The van der Waals surface area contributed by atoms with E-state index in [1.807, 2.05) is 13.8 Å². The Morgan fingerprint density at radius 3 is 1.26 bits per heavy atom. The minimum Gasteiger partial charge on any atom is -0.379 e. The normalized spacial score (nSPS) is 11.6. The van der Waals surface area contributed by atoms with E-state index >= 15 is 0 Å². The summed E-state index contributed by atoms with van der Waals surface area (Å²) in [5.41, 5.74) is 0. The van der Waals surface area contributed by atoms with E-state index in [0.29, 0.717) is 72.7 Å². The van der Waals surface area contributed by atoms with Gasteiger partial charge in [-0.05, 0) is 20.3 Å². The van der Waals surface area contributed by atoms with Crippen molar-refractivity contribution >= 4 is 0 Å². The number of ether oxygens (including phenoxy) is 7. The van der Waals surface area contributed by atoms with Gasteiger partial charge >= 0.3 is 0 Å². The molecule has 0 N–H and O–H groups in total. The molecular formula is C24H50O7. The van der Waals surface area contributed by atoms with Crippen molar-refractivity contribution in [2.24, 2.45) is 0 Å². The summed E-state index contributed by atoms with van der Waals surface area (Å²) in [4.78, 5) is 0. The molecule has 0 aliphatic rings. The summed E-state index contributed by atoms with van der Waals surface area (Å²) in [5.74, 6) is 0. The minimum atomic E-state index is -0.681. The van der Waals surface area contributed by atoms with E-state index in [4.69, 9.17) is 33.2 Å². The fourth-order valence-electron chi connectivity index (χ4n) is 2.87. The fourth-order valence-corrected chi connectivity index (χ4v) is 2.87. The monoisotopic (exact) mass is 450 g/mol. The molecule has 0 radical (unpaired) electrons. The van der Waals surface area contributed by atoms with Gasteiger partial charge in [0.15, 0.2) is 0 Å². The van der Waals surface area contributed by atoms with Crippen LogP contribution in [0.25, 0.3) is 0 Å². The topological polar surface area (TPSA) is 64.6 Å². The molecule has 7 heteroatoms. The number of hydrogen-bond acceptors (Lipinski definition) is 7. The van der Waals surface area contributed by atoms with Gasteiger partial charge in [0, 0.05) is 13.2 Å². The Kier molecular flexibility index (Phi) is 27.5. The molecule has 0 amide bonds. The van der Waals surface area contributed by atoms with Gasteiger partial charge in [-0.15, -0.1) is 0 Å². The average molecular weight is 451 g/mol. The Labute approximate surface area is 191 Å². The summed E-state index contributed by atoms with van der Waals surface area (Å²) in [7, 11) is 0. The first-order valence-electron chi connectivity index (χ1n) is 12.5. The first-order chi connectivity index (χ1) is 15.3. The highest BCUT2D eigenvalue weighted by Crippen LogP contribution is 2.10. The van der Waals surface area contributed by atoms with Crippen molar-refractivity contribution in [2.75, 3.05) is 72.7 Å². The second-order valence-electron chi connectivity index (χ2n) is 7.35. The van der Waals surface area contributed by atoms with Gasteiger partial charge in [0.1, 0.15) is 0 Å². The molecule has 188 valence electrons. The molecule has 0 heterocycles. The van der Waals surface area contributed by atoms with Crippen molar-refractivity contribution in [3.05, 3.63) is 0 Å². The molecule has 0 aromatic heterocycles. The number of rotatable bonds is 27. The molecule has 0 bridgehead atoms. The van der Waals surface area contributed by atoms with E-state index < -0.39 is 6.48 Å². The molecule has 0 aliphatic heterocycles. The smallest absolute Gasteiger partial charge is 0.271 e. The van der Waals surface area contributed by atoms with E-state index in [1.165, 1.54) is 51.4 Å². The van der Waals surface area contributed by atoms with Gasteiger partial charge in [0.25, 0.3) is 6.48 Å². The van der Waals surface area contributed by atoms with Crippen LogP contribution in [0.2, 0.25) is 0 Å². The van der Waals surface area contributed by atoms with Crippen LogP contribution in [0.3, 0.4) is 0 Å². The molecular weight excluding hydrogens is 400 g/mol. The van der Waals surface area contributed by atoms with Crippen LogP contribution in [-0.4, -0.2) is 79.2 Å². The van der Waals surface area contributed by atoms with E-state index in [2.05, 4.69) is 6.92 Å². The van der Waals surface area contributed by atoms with Crippen LogP contribution in [0.5, 0.6) is 0 Å². The largest absolute Gasteiger partial charge is 0.379 e. The summed E-state index contributed by atoms with van der Waals surface area (Å²) in [6, 6.07) is 0. The first-order valence-corrected chi connectivity index (χ1v) is 12.5.